The second kappa shape index (κ2) is 14.1. The van der Waals surface area contributed by atoms with Crippen LogP contribution in [0.25, 0.3) is 21.5 Å². The number of benzene rings is 4. The molecule has 0 amide bonds. The molecule has 4 aromatic rings. The molecule has 4 rings (SSSR count). The van der Waals surface area contributed by atoms with E-state index in [0.717, 1.165) is 38.9 Å². The van der Waals surface area contributed by atoms with E-state index in [1.165, 1.54) is 45.5 Å². The summed E-state index contributed by atoms with van der Waals surface area (Å²) < 4.78 is 0. The summed E-state index contributed by atoms with van der Waals surface area (Å²) in [7, 11) is 2.03. The summed E-state index contributed by atoms with van der Waals surface area (Å²) in [5, 5.41) is 16.2. The first kappa shape index (κ1) is 26.3. The van der Waals surface area contributed by atoms with Crippen molar-refractivity contribution < 1.29 is 0 Å². The van der Waals surface area contributed by atoms with Crippen LogP contribution < -0.4 is 21.7 Å². The Morgan fingerprint density at radius 3 is 2.00 bits per heavy atom. The molecule has 0 bridgehead atoms. The van der Waals surface area contributed by atoms with Crippen LogP contribution in [0.3, 0.4) is 0 Å². The van der Waals surface area contributed by atoms with Crippen molar-refractivity contribution in [2.24, 2.45) is 5.73 Å². The predicted molar refractivity (Wildman–Crippen MR) is 156 cm³/mol. The van der Waals surface area contributed by atoms with Crippen molar-refractivity contribution in [1.29, 1.82) is 0 Å². The van der Waals surface area contributed by atoms with E-state index < -0.39 is 0 Å². The van der Waals surface area contributed by atoms with Crippen molar-refractivity contribution in [3.05, 3.63) is 96.1 Å². The quantitative estimate of drug-likeness (QED) is 0.179. The topological polar surface area (TPSA) is 62.1 Å². The molecular weight excluding hydrogens is 440 g/mol. The van der Waals surface area contributed by atoms with Crippen LogP contribution in [0.1, 0.15) is 30.4 Å². The first-order valence-corrected chi connectivity index (χ1v) is 13.5. The SMILES string of the molecule is CNCCCC[C@@H](CN[C@H](CN)Cc1cccc2ccccc12)NCCc1cccc2ccccc12. The molecule has 0 spiro atoms. The van der Waals surface area contributed by atoms with E-state index in [1.807, 2.05) is 7.05 Å². The third kappa shape index (κ3) is 7.37. The van der Waals surface area contributed by atoms with Gasteiger partial charge < -0.3 is 21.7 Å². The molecular formula is C32H42N4. The van der Waals surface area contributed by atoms with Crippen molar-refractivity contribution >= 4 is 21.5 Å². The fourth-order valence-corrected chi connectivity index (χ4v) is 5.17. The van der Waals surface area contributed by atoms with E-state index in [-0.39, 0.29) is 6.04 Å². The van der Waals surface area contributed by atoms with Gasteiger partial charge in [-0.05, 0) is 78.5 Å². The molecule has 0 saturated heterocycles. The minimum Gasteiger partial charge on any atom is -0.329 e. The smallest absolute Gasteiger partial charge is 0.0231 e. The molecule has 0 aliphatic heterocycles. The van der Waals surface area contributed by atoms with Gasteiger partial charge in [0, 0.05) is 25.2 Å². The molecule has 4 nitrogen and oxygen atoms in total. The third-order valence-corrected chi connectivity index (χ3v) is 7.22. The maximum absolute atomic E-state index is 6.23. The second-order valence-corrected chi connectivity index (χ2v) is 9.82. The lowest BCUT2D eigenvalue weighted by molar-refractivity contribution is 0.404. The van der Waals surface area contributed by atoms with Gasteiger partial charge >= 0.3 is 0 Å². The molecule has 0 saturated carbocycles. The largest absolute Gasteiger partial charge is 0.329 e. The number of hydrogen-bond donors (Lipinski definition) is 4. The van der Waals surface area contributed by atoms with Crippen LogP contribution in [-0.4, -0.2) is 45.3 Å². The van der Waals surface area contributed by atoms with Gasteiger partial charge in [0.1, 0.15) is 0 Å². The summed E-state index contributed by atoms with van der Waals surface area (Å²) in [6.07, 6.45) is 5.56. The maximum Gasteiger partial charge on any atom is 0.0231 e. The van der Waals surface area contributed by atoms with Crippen molar-refractivity contribution in [2.45, 2.75) is 44.2 Å². The molecule has 0 aliphatic rings. The Morgan fingerprint density at radius 1 is 0.667 bits per heavy atom. The predicted octanol–water partition coefficient (Wildman–Crippen LogP) is 5.04. The number of rotatable bonds is 15. The lowest BCUT2D eigenvalue weighted by Crippen LogP contribution is -2.46. The molecule has 0 heterocycles. The first-order chi connectivity index (χ1) is 17.8. The molecule has 0 aromatic heterocycles. The van der Waals surface area contributed by atoms with Crippen molar-refractivity contribution in [1.82, 2.24) is 16.0 Å². The number of nitrogens with one attached hydrogen (secondary N) is 3. The minimum absolute atomic E-state index is 0.260. The van der Waals surface area contributed by atoms with Crippen LogP contribution in [0.5, 0.6) is 0 Å². The van der Waals surface area contributed by atoms with Gasteiger partial charge in [-0.25, -0.2) is 0 Å². The van der Waals surface area contributed by atoms with Gasteiger partial charge in [-0.1, -0.05) is 91.3 Å². The van der Waals surface area contributed by atoms with E-state index in [1.54, 1.807) is 0 Å². The molecule has 0 fully saturated rings. The monoisotopic (exact) mass is 482 g/mol. The van der Waals surface area contributed by atoms with Gasteiger partial charge in [-0.2, -0.15) is 0 Å². The van der Waals surface area contributed by atoms with Crippen molar-refractivity contribution in [3.63, 3.8) is 0 Å². The minimum atomic E-state index is 0.260. The molecule has 4 aromatic carbocycles. The highest BCUT2D eigenvalue weighted by molar-refractivity contribution is 5.86. The van der Waals surface area contributed by atoms with Crippen molar-refractivity contribution in [3.8, 4) is 0 Å². The van der Waals surface area contributed by atoms with Gasteiger partial charge in [-0.15, -0.1) is 0 Å². The number of hydrogen-bond acceptors (Lipinski definition) is 4. The van der Waals surface area contributed by atoms with Gasteiger partial charge in [0.2, 0.25) is 0 Å². The average Bonchev–Trinajstić information content (AvgIpc) is 2.93. The third-order valence-electron chi connectivity index (χ3n) is 7.22. The van der Waals surface area contributed by atoms with Crippen LogP contribution in [0, 0.1) is 0 Å². The molecule has 4 heteroatoms. The van der Waals surface area contributed by atoms with Crippen molar-refractivity contribution in [2.75, 3.05) is 33.2 Å². The Kier molecular flexibility index (Phi) is 10.3. The Hall–Kier alpha value is -2.76. The zero-order valence-electron chi connectivity index (χ0n) is 21.7. The molecule has 0 aliphatic carbocycles. The summed E-state index contributed by atoms with van der Waals surface area (Å²) in [6, 6.07) is 31.2. The molecule has 190 valence electrons. The Morgan fingerprint density at radius 2 is 1.31 bits per heavy atom. The van der Waals surface area contributed by atoms with E-state index in [0.29, 0.717) is 12.6 Å². The summed E-state index contributed by atoms with van der Waals surface area (Å²) >= 11 is 0. The van der Waals surface area contributed by atoms with E-state index in [4.69, 9.17) is 5.73 Å². The van der Waals surface area contributed by atoms with E-state index in [9.17, 15) is 0 Å². The number of nitrogens with two attached hydrogens (primary N) is 1. The number of unbranched alkanes of at least 4 members (excludes halogenated alkanes) is 1. The fourth-order valence-electron chi connectivity index (χ4n) is 5.17. The standard InChI is InChI=1S/C32H42N4/c1-34-20-7-6-16-29(35-21-19-27-14-8-12-25-10-2-4-17-31(25)27)24-36-30(23-33)22-28-15-9-13-26-11-3-5-18-32(26)28/h2-5,8-15,17-18,29-30,34-36H,6-7,16,19-24,33H2,1H3/t29-,30-/m0/s1. The molecule has 36 heavy (non-hydrogen) atoms. The highest BCUT2D eigenvalue weighted by atomic mass is 15.0. The van der Waals surface area contributed by atoms with Crippen LogP contribution in [0.15, 0.2) is 84.9 Å². The highest BCUT2D eigenvalue weighted by Gasteiger charge is 2.14. The molecule has 5 N–H and O–H groups in total. The van der Waals surface area contributed by atoms with Gasteiger partial charge in [-0.3, -0.25) is 0 Å². The maximum atomic E-state index is 6.23. The van der Waals surface area contributed by atoms with Crippen LogP contribution >= 0.6 is 0 Å². The zero-order chi connectivity index (χ0) is 25.0. The van der Waals surface area contributed by atoms with Crippen LogP contribution in [-0.2, 0) is 12.8 Å². The normalized spacial score (nSPS) is 13.3. The summed E-state index contributed by atoms with van der Waals surface area (Å²) in [5.74, 6) is 0. The fraction of sp³-hybridized carbons (Fsp3) is 0.375. The Labute approximate surface area is 216 Å². The van der Waals surface area contributed by atoms with E-state index in [2.05, 4.69) is 101 Å². The summed E-state index contributed by atoms with van der Waals surface area (Å²) in [5.41, 5.74) is 9.01. The molecule has 0 radical (unpaired) electrons. The highest BCUT2D eigenvalue weighted by Crippen LogP contribution is 2.20. The second-order valence-electron chi connectivity index (χ2n) is 9.82. The Balaban J connectivity index is 1.35. The van der Waals surface area contributed by atoms with Gasteiger partial charge in [0.15, 0.2) is 0 Å². The summed E-state index contributed by atoms with van der Waals surface area (Å²) in [4.78, 5) is 0. The zero-order valence-corrected chi connectivity index (χ0v) is 21.7. The van der Waals surface area contributed by atoms with Gasteiger partial charge in [0.05, 0.1) is 0 Å². The number of fused-ring (bicyclic) bond motifs is 2. The lowest BCUT2D eigenvalue weighted by atomic mass is 9.98. The Bertz CT molecular complexity index is 1190. The summed E-state index contributed by atoms with van der Waals surface area (Å²) in [6.45, 7) is 3.61. The van der Waals surface area contributed by atoms with Crippen LogP contribution in [0.2, 0.25) is 0 Å². The lowest BCUT2D eigenvalue weighted by Gasteiger charge is -2.24. The molecule has 0 unspecified atom stereocenters. The van der Waals surface area contributed by atoms with E-state index >= 15 is 0 Å². The van der Waals surface area contributed by atoms with Gasteiger partial charge in [0.25, 0.3) is 0 Å². The first-order valence-electron chi connectivity index (χ1n) is 13.5. The van der Waals surface area contributed by atoms with Crippen LogP contribution in [0.4, 0.5) is 0 Å². The molecule has 2 atom stereocenters. The average molecular weight is 483 g/mol.